The van der Waals surface area contributed by atoms with Gasteiger partial charge in [0.05, 0.1) is 12.7 Å². The Morgan fingerprint density at radius 1 is 1.00 bits per heavy atom. The maximum absolute atomic E-state index is 8.93. The fourth-order valence-corrected chi connectivity index (χ4v) is 0.781. The summed E-state index contributed by atoms with van der Waals surface area (Å²) in [5, 5.41) is 17.8. The summed E-state index contributed by atoms with van der Waals surface area (Å²) in [4.78, 5) is 0. The standard InChI is InChI=1S/C5H10NO3.Cu.4H2O.H/c6-3-1-9-2-4(7)5(3)8;;;;;;/h3-8H,1-2H2;;4*1H2;/q-1;+1;;;;;/t3?,4-,5+;;;;;;/m0....../s1. The van der Waals surface area contributed by atoms with Crippen LogP contribution in [-0.4, -0.2) is 63.6 Å². The number of rotatable bonds is 0. The molecule has 0 aliphatic carbocycles. The van der Waals surface area contributed by atoms with Crippen LogP contribution in [0.3, 0.4) is 0 Å². The Labute approximate surface area is 91.8 Å². The Bertz CT molecular complexity index is 98.1. The number of hydrogen-bond acceptors (Lipinski definition) is 3. The molecule has 14 heavy (non-hydrogen) atoms. The summed E-state index contributed by atoms with van der Waals surface area (Å²) in [7, 11) is 0. The second-order valence-electron chi connectivity index (χ2n) is 2.20. The Balaban J connectivity index is -0.0000000540. The predicted octanol–water partition coefficient (Wildman–Crippen LogP) is -4.41. The molecule has 9 heteroatoms. The molecule has 0 bridgehead atoms. The largest absolute Gasteiger partial charge is 0.671 e. The van der Waals surface area contributed by atoms with Crippen molar-refractivity contribution in [3.63, 3.8) is 0 Å². The molecule has 1 unspecified atom stereocenters. The zero-order chi connectivity index (χ0) is 6.85. The van der Waals surface area contributed by atoms with E-state index in [9.17, 15) is 0 Å². The van der Waals surface area contributed by atoms with Gasteiger partial charge in [-0.1, -0.05) is 6.04 Å². The monoisotopic (exact) mass is 268 g/mol. The van der Waals surface area contributed by atoms with Gasteiger partial charge < -0.3 is 42.6 Å². The van der Waals surface area contributed by atoms with E-state index in [1.54, 1.807) is 0 Å². The summed E-state index contributed by atoms with van der Waals surface area (Å²) in [6.45, 7) is 0.370. The van der Waals surface area contributed by atoms with Crippen LogP contribution in [0.1, 0.15) is 0 Å². The summed E-state index contributed by atoms with van der Waals surface area (Å²) >= 11 is 0. The Morgan fingerprint density at radius 3 is 1.71 bits per heavy atom. The van der Waals surface area contributed by atoms with Crippen LogP contribution in [0.25, 0.3) is 5.73 Å². The van der Waals surface area contributed by atoms with Crippen molar-refractivity contribution < 1.29 is 53.9 Å². The van der Waals surface area contributed by atoms with E-state index in [4.69, 9.17) is 20.7 Å². The van der Waals surface area contributed by atoms with Gasteiger partial charge in [-0.15, -0.1) is 0 Å². The first-order valence-corrected chi connectivity index (χ1v) is 2.87. The van der Waals surface area contributed by atoms with Crippen LogP contribution in [0.5, 0.6) is 0 Å². The molecule has 3 atom stereocenters. The minimum Gasteiger partial charge on any atom is -0.671 e. The Hall–Kier alpha value is 0.199. The van der Waals surface area contributed by atoms with Gasteiger partial charge in [-0.3, -0.25) is 0 Å². The van der Waals surface area contributed by atoms with E-state index in [1.165, 1.54) is 0 Å². The molecule has 11 N–H and O–H groups in total. The number of nitrogens with one attached hydrogen (secondary N) is 1. The quantitative estimate of drug-likeness (QED) is 0.418. The molecule has 8 nitrogen and oxygen atoms in total. The molecule has 0 aromatic heterocycles. The summed E-state index contributed by atoms with van der Waals surface area (Å²) in [5.41, 5.74) is 7.07. The van der Waals surface area contributed by atoms with E-state index in [0.29, 0.717) is 0 Å². The van der Waals surface area contributed by atoms with E-state index in [-0.39, 0.29) is 52.2 Å². The van der Waals surface area contributed by atoms with E-state index >= 15 is 0 Å². The smallest absolute Gasteiger partial charge is 0.102 e. The van der Waals surface area contributed by atoms with Gasteiger partial charge in [-0.25, -0.2) is 0 Å². The van der Waals surface area contributed by atoms with Gasteiger partial charge in [-0.2, -0.15) is 0 Å². The van der Waals surface area contributed by atoms with Crippen LogP contribution in [0.4, 0.5) is 0 Å². The minimum absolute atomic E-state index is 0. The van der Waals surface area contributed by atoms with Crippen molar-refractivity contribution in [1.82, 2.24) is 0 Å². The van der Waals surface area contributed by atoms with E-state index in [2.05, 4.69) is 0 Å². The maximum Gasteiger partial charge on any atom is 0.102 e. The van der Waals surface area contributed by atoms with Crippen molar-refractivity contribution in [2.45, 2.75) is 18.2 Å². The van der Waals surface area contributed by atoms with Crippen LogP contribution in [-0.2, 0) is 21.8 Å². The average molecular weight is 269 g/mol. The second-order valence-corrected chi connectivity index (χ2v) is 2.20. The average Bonchev–Trinajstić information content (AvgIpc) is 1.83. The maximum atomic E-state index is 8.93. The van der Waals surface area contributed by atoms with Crippen LogP contribution < -0.4 is 0 Å². The van der Waals surface area contributed by atoms with Crippen molar-refractivity contribution in [3.05, 3.63) is 5.73 Å². The van der Waals surface area contributed by atoms with Gasteiger partial charge >= 0.3 is 17.1 Å². The predicted molar refractivity (Wildman–Crippen MR) is 46.8 cm³/mol. The van der Waals surface area contributed by atoms with Crippen molar-refractivity contribution >= 4 is 0 Å². The molecule has 1 heterocycles. The third-order valence-corrected chi connectivity index (χ3v) is 1.39. The first kappa shape index (κ1) is 29.2. The van der Waals surface area contributed by atoms with Gasteiger partial charge in [0.2, 0.25) is 0 Å². The first-order valence-electron chi connectivity index (χ1n) is 2.87. The zero-order valence-corrected chi connectivity index (χ0v) is 8.25. The second kappa shape index (κ2) is 13.2. The normalized spacial score (nSPS) is 28.9. The Kier molecular flexibility index (Phi) is 27.6. The van der Waals surface area contributed by atoms with Gasteiger partial charge in [0.1, 0.15) is 6.10 Å². The summed E-state index contributed by atoms with van der Waals surface area (Å²) < 4.78 is 4.77. The molecule has 1 aliphatic heterocycles. The van der Waals surface area contributed by atoms with Gasteiger partial charge in [0.25, 0.3) is 0 Å². The van der Waals surface area contributed by atoms with Gasteiger partial charge in [0.15, 0.2) is 0 Å². The fourth-order valence-electron chi connectivity index (χ4n) is 0.781. The van der Waals surface area contributed by atoms with Gasteiger partial charge in [0, 0.05) is 6.61 Å². The minimum atomic E-state index is -0.932. The fraction of sp³-hybridized carbons (Fsp3) is 1.00. The molecular weight excluding hydrogens is 250 g/mol. The third-order valence-electron chi connectivity index (χ3n) is 1.39. The van der Waals surface area contributed by atoms with E-state index in [0.717, 1.165) is 0 Å². The van der Waals surface area contributed by atoms with Crippen LogP contribution in [0.2, 0.25) is 0 Å². The van der Waals surface area contributed by atoms with Gasteiger partial charge in [-0.05, 0) is 0 Å². The summed E-state index contributed by atoms with van der Waals surface area (Å²) in [5.74, 6) is 0. The van der Waals surface area contributed by atoms with Crippen LogP contribution in [0.15, 0.2) is 0 Å². The molecule has 0 spiro atoms. The van der Waals surface area contributed by atoms with E-state index < -0.39 is 18.2 Å². The van der Waals surface area contributed by atoms with Crippen molar-refractivity contribution in [2.75, 3.05) is 13.2 Å². The molecule has 97 valence electrons. The third kappa shape index (κ3) is 7.59. The number of aliphatic hydroxyl groups is 2. The van der Waals surface area contributed by atoms with Crippen LogP contribution >= 0.6 is 0 Å². The first-order chi connectivity index (χ1) is 4.22. The molecule has 0 amide bonds. The SMILES string of the molecule is O.O.O.O.[CuH+].[NH-]C1COC[C@H](O)[C@@H]1O. The topological polar surface area (TPSA) is 199 Å². The summed E-state index contributed by atoms with van der Waals surface area (Å²) in [6.07, 6.45) is -1.81. The number of ether oxygens (including phenoxy) is 1. The molecule has 0 aromatic rings. The van der Waals surface area contributed by atoms with Crippen molar-refractivity contribution in [3.8, 4) is 0 Å². The molecule has 1 aliphatic rings. The van der Waals surface area contributed by atoms with Crippen molar-refractivity contribution in [1.29, 1.82) is 0 Å². The zero-order valence-electron chi connectivity index (χ0n) is 7.27. The molecule has 0 radical (unpaired) electrons. The molecule has 1 saturated heterocycles. The van der Waals surface area contributed by atoms with Crippen molar-refractivity contribution in [2.24, 2.45) is 0 Å². The number of hydrogen-bond donors (Lipinski definition) is 2. The molecular formula is C5H19CuNO7. The molecule has 1 fully saturated rings. The van der Waals surface area contributed by atoms with E-state index in [1.807, 2.05) is 0 Å². The molecule has 0 saturated carbocycles. The summed E-state index contributed by atoms with van der Waals surface area (Å²) in [6, 6.07) is -0.686. The number of aliphatic hydroxyl groups excluding tert-OH is 2. The Morgan fingerprint density at radius 2 is 1.43 bits per heavy atom. The molecule has 0 aromatic carbocycles. The molecule has 1 rings (SSSR count). The van der Waals surface area contributed by atoms with Crippen LogP contribution in [0, 0.1) is 0 Å².